The molecule has 0 saturated heterocycles. The quantitative estimate of drug-likeness (QED) is 0.194. The number of aromatic nitrogens is 1. The molecule has 4 aromatic rings. The van der Waals surface area contributed by atoms with Gasteiger partial charge in [-0.05, 0) is 74.0 Å². The molecular weight excluding hydrogens is 426 g/mol. The van der Waals surface area contributed by atoms with Crippen molar-refractivity contribution in [3.63, 3.8) is 0 Å². The first-order valence-electron chi connectivity index (χ1n) is 10.7. The van der Waals surface area contributed by atoms with Crippen LogP contribution in [-0.2, 0) is 0 Å². The summed E-state index contributed by atoms with van der Waals surface area (Å²) in [6.45, 7) is 3.84. The maximum Gasteiger partial charge on any atom is 0.255 e. The van der Waals surface area contributed by atoms with Gasteiger partial charge >= 0.3 is 0 Å². The molecule has 8 nitrogen and oxygen atoms in total. The number of benzene rings is 3. The van der Waals surface area contributed by atoms with E-state index in [2.05, 4.69) is 38.8 Å². The summed E-state index contributed by atoms with van der Waals surface area (Å²) in [4.78, 5) is 17.2. The second kappa shape index (κ2) is 9.83. The fourth-order valence-corrected chi connectivity index (χ4v) is 3.45. The van der Waals surface area contributed by atoms with Crippen LogP contribution in [0.15, 0.2) is 89.2 Å². The molecule has 0 fully saturated rings. The van der Waals surface area contributed by atoms with E-state index in [4.69, 9.17) is 11.5 Å². The Morgan fingerprint density at radius 1 is 0.882 bits per heavy atom. The third kappa shape index (κ3) is 5.36. The van der Waals surface area contributed by atoms with Gasteiger partial charge in [0.1, 0.15) is 0 Å². The highest BCUT2D eigenvalue weighted by Crippen LogP contribution is 2.26. The molecule has 34 heavy (non-hydrogen) atoms. The zero-order chi connectivity index (χ0) is 24.1. The lowest BCUT2D eigenvalue weighted by molar-refractivity contribution is 0.102. The van der Waals surface area contributed by atoms with Crippen LogP contribution in [0.2, 0.25) is 0 Å². The first-order chi connectivity index (χ1) is 16.4. The van der Waals surface area contributed by atoms with Crippen LogP contribution in [0, 0.1) is 6.92 Å². The van der Waals surface area contributed by atoms with Gasteiger partial charge < -0.3 is 22.1 Å². The highest BCUT2D eigenvalue weighted by atomic mass is 16.1. The minimum absolute atomic E-state index is 0.117. The van der Waals surface area contributed by atoms with E-state index in [9.17, 15) is 4.79 Å². The highest BCUT2D eigenvalue weighted by molar-refractivity contribution is 6.06. The maximum absolute atomic E-state index is 12.8. The minimum atomic E-state index is -0.215. The molecule has 1 amide bonds. The van der Waals surface area contributed by atoms with Crippen molar-refractivity contribution in [3.05, 3.63) is 95.7 Å². The zero-order valence-electron chi connectivity index (χ0n) is 18.9. The van der Waals surface area contributed by atoms with Crippen LogP contribution in [0.25, 0.3) is 10.9 Å². The van der Waals surface area contributed by atoms with Crippen LogP contribution in [0.5, 0.6) is 0 Å². The van der Waals surface area contributed by atoms with E-state index in [1.807, 2.05) is 54.6 Å². The van der Waals surface area contributed by atoms with Crippen molar-refractivity contribution in [2.75, 3.05) is 10.6 Å². The Bertz CT molecular complexity index is 1400. The summed E-state index contributed by atoms with van der Waals surface area (Å²) < 4.78 is 0. The molecule has 1 aromatic heterocycles. The second-order valence-corrected chi connectivity index (χ2v) is 7.83. The van der Waals surface area contributed by atoms with Crippen molar-refractivity contribution in [2.45, 2.75) is 13.8 Å². The van der Waals surface area contributed by atoms with E-state index < -0.39 is 0 Å². The number of rotatable bonds is 6. The molecule has 0 spiro atoms. The third-order valence-electron chi connectivity index (χ3n) is 5.18. The minimum Gasteiger partial charge on any atom is -0.369 e. The summed E-state index contributed by atoms with van der Waals surface area (Å²) in [5, 5.41) is 15.0. The average molecular weight is 452 g/mol. The van der Waals surface area contributed by atoms with Crippen LogP contribution in [0.4, 0.5) is 17.1 Å². The Morgan fingerprint density at radius 2 is 1.68 bits per heavy atom. The van der Waals surface area contributed by atoms with Crippen molar-refractivity contribution >= 4 is 45.5 Å². The van der Waals surface area contributed by atoms with Gasteiger partial charge in [0.25, 0.3) is 5.91 Å². The van der Waals surface area contributed by atoms with Gasteiger partial charge in [0.15, 0.2) is 0 Å². The molecule has 0 aliphatic carbocycles. The van der Waals surface area contributed by atoms with Gasteiger partial charge in [-0.1, -0.05) is 23.8 Å². The number of nitrogens with zero attached hydrogens (tertiary/aromatic N) is 3. The number of nitrogens with one attached hydrogen (secondary N) is 2. The third-order valence-corrected chi connectivity index (χ3v) is 5.18. The van der Waals surface area contributed by atoms with Gasteiger partial charge in [-0.3, -0.25) is 9.78 Å². The molecule has 0 aliphatic heterocycles. The Morgan fingerprint density at radius 3 is 2.44 bits per heavy atom. The molecular formula is C26H25N7O. The van der Waals surface area contributed by atoms with E-state index in [1.54, 1.807) is 25.3 Å². The number of carbonyl (C=O) groups is 1. The van der Waals surface area contributed by atoms with Crippen molar-refractivity contribution in [1.82, 2.24) is 4.98 Å². The van der Waals surface area contributed by atoms with Gasteiger partial charge in [0.2, 0.25) is 5.96 Å². The van der Waals surface area contributed by atoms with Crippen LogP contribution in [0.3, 0.4) is 0 Å². The van der Waals surface area contributed by atoms with E-state index in [0.717, 1.165) is 33.4 Å². The highest BCUT2D eigenvalue weighted by Gasteiger charge is 2.08. The van der Waals surface area contributed by atoms with Gasteiger partial charge in [0, 0.05) is 34.2 Å². The lowest BCUT2D eigenvalue weighted by Crippen LogP contribution is -2.22. The molecule has 0 radical (unpaired) electrons. The van der Waals surface area contributed by atoms with Gasteiger partial charge in [-0.25, -0.2) is 0 Å². The molecule has 3 aromatic carbocycles. The fraction of sp³-hybridized carbons (Fsp3) is 0.0769. The first kappa shape index (κ1) is 22.5. The molecule has 0 unspecified atom stereocenters. The number of pyridine rings is 1. The smallest absolute Gasteiger partial charge is 0.255 e. The second-order valence-electron chi connectivity index (χ2n) is 7.83. The molecule has 170 valence electrons. The predicted octanol–water partition coefficient (Wildman–Crippen LogP) is 4.54. The Labute approximate surface area is 197 Å². The molecule has 0 aliphatic rings. The molecule has 8 heteroatoms. The Kier molecular flexibility index (Phi) is 6.49. The number of hydrogen-bond donors (Lipinski definition) is 4. The standard InChI is InChI=1S/C26H25N7O/c1-16-6-11-23-22(14-16)24(12-13-29-23)30-20-9-7-18(8-10-20)25(34)31-21-5-3-4-19(15-21)17(2)32-33-26(27)28/h3-15H,1-2H3,(H,29,30)(H,31,34)(H4,27,28,33)/b32-17-. The number of fused-ring (bicyclic) bond motifs is 1. The van der Waals surface area contributed by atoms with E-state index in [-0.39, 0.29) is 11.9 Å². The summed E-state index contributed by atoms with van der Waals surface area (Å²) in [5.74, 6) is -0.332. The van der Waals surface area contributed by atoms with Crippen molar-refractivity contribution in [1.29, 1.82) is 0 Å². The number of nitrogens with two attached hydrogens (primary N) is 2. The lowest BCUT2D eigenvalue weighted by atomic mass is 10.1. The average Bonchev–Trinajstić information content (AvgIpc) is 2.83. The molecule has 0 saturated carbocycles. The first-order valence-corrected chi connectivity index (χ1v) is 10.7. The summed E-state index contributed by atoms with van der Waals surface area (Å²) in [6, 6.07) is 22.7. The van der Waals surface area contributed by atoms with Crippen molar-refractivity contribution in [3.8, 4) is 0 Å². The Hall–Kier alpha value is -4.72. The molecule has 0 atom stereocenters. The topological polar surface area (TPSA) is 131 Å². The lowest BCUT2D eigenvalue weighted by Gasteiger charge is -2.11. The van der Waals surface area contributed by atoms with E-state index in [1.165, 1.54) is 0 Å². The maximum atomic E-state index is 12.8. The largest absolute Gasteiger partial charge is 0.369 e. The monoisotopic (exact) mass is 451 g/mol. The summed E-state index contributed by atoms with van der Waals surface area (Å²) in [5.41, 5.74) is 17.2. The van der Waals surface area contributed by atoms with Crippen LogP contribution in [0.1, 0.15) is 28.4 Å². The predicted molar refractivity (Wildman–Crippen MR) is 139 cm³/mol. The molecule has 0 bridgehead atoms. The van der Waals surface area contributed by atoms with Gasteiger partial charge in [-0.2, -0.15) is 5.10 Å². The molecule has 4 rings (SSSR count). The molecule has 6 N–H and O–H groups in total. The number of carbonyl (C=O) groups excluding carboxylic acids is 1. The zero-order valence-corrected chi connectivity index (χ0v) is 18.9. The summed E-state index contributed by atoms with van der Waals surface area (Å²) in [6.07, 6.45) is 1.78. The summed E-state index contributed by atoms with van der Waals surface area (Å²) in [7, 11) is 0. The summed E-state index contributed by atoms with van der Waals surface area (Å²) >= 11 is 0. The normalized spacial score (nSPS) is 11.2. The van der Waals surface area contributed by atoms with Crippen LogP contribution in [-0.4, -0.2) is 22.6 Å². The number of amides is 1. The Balaban J connectivity index is 1.47. The van der Waals surface area contributed by atoms with Crippen LogP contribution < -0.4 is 22.1 Å². The van der Waals surface area contributed by atoms with Gasteiger partial charge in [0.05, 0.1) is 11.2 Å². The van der Waals surface area contributed by atoms with E-state index >= 15 is 0 Å². The molecule has 1 heterocycles. The van der Waals surface area contributed by atoms with Crippen molar-refractivity contribution < 1.29 is 4.79 Å². The number of aryl methyl sites for hydroxylation is 1. The van der Waals surface area contributed by atoms with Gasteiger partial charge in [-0.15, -0.1) is 5.10 Å². The fourth-order valence-electron chi connectivity index (χ4n) is 3.45. The van der Waals surface area contributed by atoms with E-state index in [0.29, 0.717) is 17.0 Å². The van der Waals surface area contributed by atoms with Crippen LogP contribution >= 0.6 is 0 Å². The van der Waals surface area contributed by atoms with Crippen molar-refractivity contribution in [2.24, 2.45) is 21.7 Å². The number of guanidine groups is 1. The number of hydrogen-bond acceptors (Lipinski definition) is 5. The SMILES string of the molecule is C/C(=N/N=C(N)N)c1cccc(NC(=O)c2ccc(Nc3ccnc4ccc(C)cc34)cc2)c1. The number of anilines is 3.